The molecule has 0 aromatic rings. The van der Waals surface area contributed by atoms with E-state index in [-0.39, 0.29) is 6.61 Å². The predicted octanol–water partition coefficient (Wildman–Crippen LogP) is -1.14. The van der Waals surface area contributed by atoms with Crippen molar-refractivity contribution in [3.8, 4) is 0 Å². The minimum Gasteiger partial charge on any atom is -0.434 e. The predicted molar refractivity (Wildman–Crippen MR) is 40.0 cm³/mol. The smallest absolute Gasteiger partial charge is 0.336 e. The van der Waals surface area contributed by atoms with E-state index in [0.717, 1.165) is 0 Å². The molecule has 0 aliphatic heterocycles. The van der Waals surface area contributed by atoms with Crippen LogP contribution in [0.15, 0.2) is 0 Å². The van der Waals surface area contributed by atoms with E-state index >= 15 is 0 Å². The summed E-state index contributed by atoms with van der Waals surface area (Å²) in [7, 11) is 0. The van der Waals surface area contributed by atoms with E-state index in [1.54, 1.807) is 0 Å². The molecule has 3 atom stereocenters. The van der Waals surface area contributed by atoms with Crippen LogP contribution in [-0.2, 0) is 9.53 Å². The van der Waals surface area contributed by atoms with Crippen LogP contribution >= 0.6 is 0 Å². The first-order valence-electron chi connectivity index (χ1n) is 3.66. The fraction of sp³-hybridized carbons (Fsp3) is 0.857. The average Bonchev–Trinajstić information content (AvgIpc) is 2.02. The summed E-state index contributed by atoms with van der Waals surface area (Å²) in [5, 5.41) is 26.2. The van der Waals surface area contributed by atoms with Crippen LogP contribution in [0.2, 0.25) is 0 Å². The van der Waals surface area contributed by atoms with Crippen LogP contribution in [-0.4, -0.2) is 40.3 Å². The zero-order valence-electron chi connectivity index (χ0n) is 7.10. The second-order valence-electron chi connectivity index (χ2n) is 2.66. The monoisotopic (exact) mass is 178 g/mol. The fourth-order valence-corrected chi connectivity index (χ4v) is 0.424. The first-order chi connectivity index (χ1) is 5.49. The van der Waals surface area contributed by atoms with Crippen LogP contribution in [0.5, 0.6) is 0 Å². The molecular formula is C7H14O5. The Morgan fingerprint density at radius 3 is 2.25 bits per heavy atom. The van der Waals surface area contributed by atoms with Gasteiger partial charge in [-0.05, 0) is 6.92 Å². The highest BCUT2D eigenvalue weighted by molar-refractivity contribution is 5.73. The number of carbonyl (C=O) groups excluding carboxylic acids is 1. The summed E-state index contributed by atoms with van der Waals surface area (Å²) in [6.45, 7) is 2.47. The number of ether oxygens (including phenoxy) is 1. The molecule has 0 aliphatic rings. The summed E-state index contributed by atoms with van der Waals surface area (Å²) in [5.41, 5.74) is 0. The lowest BCUT2D eigenvalue weighted by Crippen LogP contribution is -2.31. The molecule has 0 aromatic heterocycles. The van der Waals surface area contributed by atoms with Crippen molar-refractivity contribution in [1.82, 2.24) is 0 Å². The molecule has 0 bridgehead atoms. The molecule has 0 heterocycles. The van der Waals surface area contributed by atoms with Crippen LogP contribution < -0.4 is 0 Å². The summed E-state index contributed by atoms with van der Waals surface area (Å²) >= 11 is 0. The molecule has 0 radical (unpaired) electrons. The van der Waals surface area contributed by atoms with E-state index in [4.69, 9.17) is 15.3 Å². The number of hydrogen-bond acceptors (Lipinski definition) is 5. The van der Waals surface area contributed by atoms with Gasteiger partial charge < -0.3 is 20.1 Å². The number of aliphatic hydroxyl groups excluding tert-OH is 3. The number of aliphatic hydroxyl groups is 3. The van der Waals surface area contributed by atoms with Crippen molar-refractivity contribution in [3.63, 3.8) is 0 Å². The number of carbonyl (C=O) groups is 1. The van der Waals surface area contributed by atoms with Crippen molar-refractivity contribution >= 4 is 5.97 Å². The van der Waals surface area contributed by atoms with Gasteiger partial charge in [0.2, 0.25) is 6.29 Å². The van der Waals surface area contributed by atoms with Gasteiger partial charge >= 0.3 is 5.97 Å². The molecule has 5 heteroatoms. The molecule has 0 saturated heterocycles. The second kappa shape index (κ2) is 5.08. The highest BCUT2D eigenvalue weighted by Gasteiger charge is 2.20. The van der Waals surface area contributed by atoms with E-state index in [9.17, 15) is 4.79 Å². The van der Waals surface area contributed by atoms with Gasteiger partial charge in [0.15, 0.2) is 0 Å². The van der Waals surface area contributed by atoms with Gasteiger partial charge in [0.25, 0.3) is 0 Å². The molecule has 3 unspecified atom stereocenters. The summed E-state index contributed by atoms with van der Waals surface area (Å²) in [4.78, 5) is 10.7. The Balaban J connectivity index is 3.83. The highest BCUT2D eigenvalue weighted by Crippen LogP contribution is 2.04. The van der Waals surface area contributed by atoms with Crippen LogP contribution in [0.4, 0.5) is 0 Å². The van der Waals surface area contributed by atoms with Gasteiger partial charge in [0, 0.05) is 5.92 Å². The Kier molecular flexibility index (Phi) is 4.80. The maximum Gasteiger partial charge on any atom is 0.336 e. The minimum absolute atomic E-state index is 0.283. The molecule has 0 aromatic carbocycles. The maximum atomic E-state index is 10.7. The number of hydrogen-bond donors (Lipinski definition) is 3. The van der Waals surface area contributed by atoms with Gasteiger partial charge in [-0.15, -0.1) is 0 Å². The summed E-state index contributed by atoms with van der Waals surface area (Å²) in [6, 6.07) is 0. The van der Waals surface area contributed by atoms with Gasteiger partial charge in [0.05, 0.1) is 6.61 Å². The van der Waals surface area contributed by atoms with Gasteiger partial charge in [-0.25, -0.2) is 4.79 Å². The zero-order chi connectivity index (χ0) is 9.72. The lowest BCUT2D eigenvalue weighted by Gasteiger charge is -2.17. The van der Waals surface area contributed by atoms with Crippen LogP contribution in [0.1, 0.15) is 13.8 Å². The molecule has 3 N–H and O–H groups in total. The lowest BCUT2D eigenvalue weighted by atomic mass is 10.2. The largest absolute Gasteiger partial charge is 0.434 e. The molecule has 0 amide bonds. The first-order valence-corrected chi connectivity index (χ1v) is 3.66. The summed E-state index contributed by atoms with van der Waals surface area (Å²) in [6.07, 6.45) is -2.62. The Labute approximate surface area is 70.6 Å². The normalized spacial score (nSPS) is 18.1. The van der Waals surface area contributed by atoms with Crippen molar-refractivity contribution in [2.24, 2.45) is 5.92 Å². The van der Waals surface area contributed by atoms with Crippen molar-refractivity contribution in [2.75, 3.05) is 6.61 Å². The second-order valence-corrected chi connectivity index (χ2v) is 2.66. The standard InChI is InChI=1S/C7H14O5/c1-4(3-8)6(10)12-7(11)5(2)9/h4-6,8-10H,3H2,1-2H3. The zero-order valence-corrected chi connectivity index (χ0v) is 7.10. The van der Waals surface area contributed by atoms with Crippen LogP contribution in [0.3, 0.4) is 0 Å². The third kappa shape index (κ3) is 3.66. The molecule has 12 heavy (non-hydrogen) atoms. The Morgan fingerprint density at radius 2 is 1.92 bits per heavy atom. The van der Waals surface area contributed by atoms with Gasteiger partial charge in [-0.3, -0.25) is 0 Å². The molecule has 72 valence electrons. The van der Waals surface area contributed by atoms with E-state index in [1.807, 2.05) is 0 Å². The molecule has 0 spiro atoms. The van der Waals surface area contributed by atoms with Crippen molar-refractivity contribution in [2.45, 2.75) is 26.2 Å². The van der Waals surface area contributed by atoms with E-state index in [0.29, 0.717) is 0 Å². The molecule has 0 aliphatic carbocycles. The molecule has 0 fully saturated rings. The lowest BCUT2D eigenvalue weighted by molar-refractivity contribution is -0.186. The minimum atomic E-state index is -1.36. The number of rotatable bonds is 4. The first kappa shape index (κ1) is 11.4. The SMILES string of the molecule is CC(O)C(=O)OC(O)C(C)CO. The van der Waals surface area contributed by atoms with Crippen LogP contribution in [0.25, 0.3) is 0 Å². The molecule has 5 nitrogen and oxygen atoms in total. The van der Waals surface area contributed by atoms with E-state index < -0.39 is 24.3 Å². The molecule has 0 saturated carbocycles. The van der Waals surface area contributed by atoms with Gasteiger partial charge in [-0.2, -0.15) is 0 Å². The maximum absolute atomic E-state index is 10.7. The van der Waals surface area contributed by atoms with Crippen molar-refractivity contribution in [1.29, 1.82) is 0 Å². The number of esters is 1. The third-order valence-electron chi connectivity index (χ3n) is 1.35. The van der Waals surface area contributed by atoms with Gasteiger partial charge in [-0.1, -0.05) is 6.92 Å². The van der Waals surface area contributed by atoms with Crippen LogP contribution in [0, 0.1) is 5.92 Å². The van der Waals surface area contributed by atoms with E-state index in [2.05, 4.69) is 4.74 Å². The average molecular weight is 178 g/mol. The Bertz CT molecular complexity index is 145. The van der Waals surface area contributed by atoms with Crippen molar-refractivity contribution in [3.05, 3.63) is 0 Å². The topological polar surface area (TPSA) is 87.0 Å². The quantitative estimate of drug-likeness (QED) is 0.374. The van der Waals surface area contributed by atoms with E-state index in [1.165, 1.54) is 13.8 Å². The fourth-order valence-electron chi connectivity index (χ4n) is 0.424. The Hall–Kier alpha value is -0.650. The molecule has 0 rings (SSSR count). The highest BCUT2D eigenvalue weighted by atomic mass is 16.6. The molecular weight excluding hydrogens is 164 g/mol. The van der Waals surface area contributed by atoms with Gasteiger partial charge in [0.1, 0.15) is 6.10 Å². The summed E-state index contributed by atoms with van der Waals surface area (Å²) in [5.74, 6) is -1.45. The Morgan fingerprint density at radius 1 is 1.42 bits per heavy atom. The van der Waals surface area contributed by atoms with Crippen molar-refractivity contribution < 1.29 is 24.9 Å². The summed E-state index contributed by atoms with van der Waals surface area (Å²) < 4.78 is 4.37. The third-order valence-corrected chi connectivity index (χ3v) is 1.35.